The summed E-state index contributed by atoms with van der Waals surface area (Å²) in [6.07, 6.45) is 0.693. The van der Waals surface area contributed by atoms with Gasteiger partial charge in [0.25, 0.3) is 5.78 Å². The van der Waals surface area contributed by atoms with Gasteiger partial charge in [0.1, 0.15) is 0 Å². The van der Waals surface area contributed by atoms with Gasteiger partial charge in [-0.15, -0.1) is 0 Å². The first-order valence-corrected chi connectivity index (χ1v) is 8.99. The fourth-order valence-corrected chi connectivity index (χ4v) is 4.35. The summed E-state index contributed by atoms with van der Waals surface area (Å²) in [5, 5.41) is 1.14. The predicted octanol–water partition coefficient (Wildman–Crippen LogP) is 3.46. The second kappa shape index (κ2) is 6.43. The average molecular weight is 350 g/mol. The Bertz CT molecular complexity index is 1130. The Morgan fingerprint density at radius 3 is 2.36 bits per heavy atom. The van der Waals surface area contributed by atoms with E-state index in [-0.39, 0.29) is 15.4 Å². The van der Waals surface area contributed by atoms with Crippen LogP contribution in [-0.2, 0) is 9.84 Å². The van der Waals surface area contributed by atoms with Crippen LogP contribution in [0, 0.1) is 6.92 Å². The van der Waals surface area contributed by atoms with E-state index in [1.54, 1.807) is 42.5 Å². The molecule has 0 aliphatic heterocycles. The number of Topliss-reactive ketones (excluding diaryl/α,β-unsaturated/α-hetero) is 1. The zero-order chi connectivity index (χ0) is 18.0. The van der Waals surface area contributed by atoms with Gasteiger partial charge < -0.3 is 5.53 Å². The van der Waals surface area contributed by atoms with Crippen molar-refractivity contribution in [1.29, 1.82) is 0 Å². The SMILES string of the molecule is Cc1ccc(S(=O)(=O)c2c(C(=O)C=[N+]=[N-])ccc3ccccc23)cc1. The molecule has 0 aromatic heterocycles. The molecule has 0 aliphatic rings. The van der Waals surface area contributed by atoms with Gasteiger partial charge in [0, 0.05) is 10.9 Å². The first-order chi connectivity index (χ1) is 11.9. The van der Waals surface area contributed by atoms with Crippen LogP contribution in [0.3, 0.4) is 0 Å². The molecule has 0 fully saturated rings. The second-order valence-corrected chi connectivity index (χ2v) is 7.48. The zero-order valence-corrected chi connectivity index (χ0v) is 14.2. The summed E-state index contributed by atoms with van der Waals surface area (Å²) in [6, 6.07) is 16.5. The third kappa shape index (κ3) is 3.01. The molecule has 0 saturated carbocycles. The summed E-state index contributed by atoms with van der Waals surface area (Å²) in [7, 11) is -3.94. The molecule has 0 N–H and O–H groups in total. The fraction of sp³-hybridized carbons (Fsp3) is 0.0526. The van der Waals surface area contributed by atoms with E-state index in [0.29, 0.717) is 17.0 Å². The molecule has 3 rings (SSSR count). The molecule has 0 amide bonds. The van der Waals surface area contributed by atoms with Gasteiger partial charge >= 0.3 is 6.21 Å². The van der Waals surface area contributed by atoms with Crippen LogP contribution >= 0.6 is 0 Å². The highest BCUT2D eigenvalue weighted by atomic mass is 32.2. The third-order valence-corrected chi connectivity index (χ3v) is 5.79. The molecule has 5 nitrogen and oxygen atoms in total. The summed E-state index contributed by atoms with van der Waals surface area (Å²) >= 11 is 0. The lowest BCUT2D eigenvalue weighted by atomic mass is 10.0. The fourth-order valence-electron chi connectivity index (χ4n) is 2.68. The Kier molecular flexibility index (Phi) is 4.31. The molecule has 0 bridgehead atoms. The first kappa shape index (κ1) is 16.8. The molecular formula is C19H14N2O3S. The van der Waals surface area contributed by atoms with Crippen LogP contribution in [0.5, 0.6) is 0 Å². The van der Waals surface area contributed by atoms with Gasteiger partial charge in [-0.2, -0.15) is 4.79 Å². The Balaban J connectivity index is 2.39. The normalized spacial score (nSPS) is 11.1. The number of hydrogen-bond acceptors (Lipinski definition) is 3. The number of rotatable bonds is 4. The van der Waals surface area contributed by atoms with Crippen LogP contribution in [0.2, 0.25) is 0 Å². The average Bonchev–Trinajstić information content (AvgIpc) is 2.61. The number of carbonyl (C=O) groups excluding carboxylic acids is 1. The molecule has 0 heterocycles. The molecule has 0 radical (unpaired) electrons. The van der Waals surface area contributed by atoms with Crippen molar-refractivity contribution >= 4 is 32.6 Å². The number of fused-ring (bicyclic) bond motifs is 1. The lowest BCUT2D eigenvalue weighted by molar-refractivity contribution is 0.00232. The van der Waals surface area contributed by atoms with E-state index < -0.39 is 15.6 Å². The smallest absolute Gasteiger partial charge is 0.328 e. The first-order valence-electron chi connectivity index (χ1n) is 7.50. The van der Waals surface area contributed by atoms with Gasteiger partial charge in [-0.25, -0.2) is 8.42 Å². The number of ketones is 1. The predicted molar refractivity (Wildman–Crippen MR) is 94.6 cm³/mol. The molecule has 124 valence electrons. The summed E-state index contributed by atoms with van der Waals surface area (Å²) in [6.45, 7) is 1.86. The molecule has 3 aromatic carbocycles. The van der Waals surface area contributed by atoms with Gasteiger partial charge in [0.05, 0.1) is 9.79 Å². The summed E-state index contributed by atoms with van der Waals surface area (Å²) in [4.78, 5) is 15.0. The maximum Gasteiger partial charge on any atom is 0.328 e. The Labute approximate surface area is 145 Å². The Morgan fingerprint density at radius 1 is 1.00 bits per heavy atom. The van der Waals surface area contributed by atoms with Crippen LogP contribution in [0.1, 0.15) is 15.9 Å². The second-order valence-electron chi connectivity index (χ2n) is 5.59. The van der Waals surface area contributed by atoms with Crippen molar-refractivity contribution < 1.29 is 18.0 Å². The molecule has 25 heavy (non-hydrogen) atoms. The number of hydrogen-bond donors (Lipinski definition) is 0. The van der Waals surface area contributed by atoms with E-state index in [2.05, 4.69) is 4.79 Å². The number of sulfone groups is 1. The summed E-state index contributed by atoms with van der Waals surface area (Å²) < 4.78 is 26.5. The molecule has 0 atom stereocenters. The summed E-state index contributed by atoms with van der Waals surface area (Å²) in [5.74, 6) is -0.682. The van der Waals surface area contributed by atoms with Gasteiger partial charge in [-0.05, 0) is 30.5 Å². The third-order valence-electron chi connectivity index (χ3n) is 3.92. The quantitative estimate of drug-likeness (QED) is 0.312. The molecule has 0 unspecified atom stereocenters. The van der Waals surface area contributed by atoms with Crippen LogP contribution in [-0.4, -0.2) is 25.2 Å². The van der Waals surface area contributed by atoms with Crippen molar-refractivity contribution in [2.45, 2.75) is 16.7 Å². The minimum atomic E-state index is -3.94. The van der Waals surface area contributed by atoms with Crippen LogP contribution in [0.4, 0.5) is 0 Å². The summed E-state index contributed by atoms with van der Waals surface area (Å²) in [5.41, 5.74) is 9.55. The number of nitrogens with zero attached hydrogens (tertiary/aromatic N) is 2. The Morgan fingerprint density at radius 2 is 1.68 bits per heavy atom. The van der Waals surface area contributed by atoms with E-state index in [1.165, 1.54) is 18.2 Å². The molecular weight excluding hydrogens is 336 g/mol. The molecule has 3 aromatic rings. The van der Waals surface area contributed by atoms with E-state index in [9.17, 15) is 13.2 Å². The van der Waals surface area contributed by atoms with Crippen molar-refractivity contribution in [3.63, 3.8) is 0 Å². The van der Waals surface area contributed by atoms with Crippen molar-refractivity contribution in [1.82, 2.24) is 0 Å². The van der Waals surface area contributed by atoms with Crippen molar-refractivity contribution in [2.24, 2.45) is 0 Å². The molecule has 0 aliphatic carbocycles. The number of benzene rings is 3. The number of aryl methyl sites for hydroxylation is 1. The topological polar surface area (TPSA) is 87.6 Å². The lowest BCUT2D eigenvalue weighted by Gasteiger charge is -2.12. The van der Waals surface area contributed by atoms with E-state index in [0.717, 1.165) is 5.56 Å². The molecule has 0 saturated heterocycles. The molecule has 6 heteroatoms. The van der Waals surface area contributed by atoms with Gasteiger partial charge in [0.2, 0.25) is 9.84 Å². The lowest BCUT2D eigenvalue weighted by Crippen LogP contribution is -2.12. The minimum Gasteiger partial charge on any atom is -0.361 e. The van der Waals surface area contributed by atoms with Crippen LogP contribution in [0.15, 0.2) is 70.5 Å². The molecule has 0 spiro atoms. The highest BCUT2D eigenvalue weighted by molar-refractivity contribution is 7.91. The van der Waals surface area contributed by atoms with Crippen molar-refractivity contribution in [2.75, 3.05) is 0 Å². The van der Waals surface area contributed by atoms with Crippen molar-refractivity contribution in [3.05, 3.63) is 77.3 Å². The maximum absolute atomic E-state index is 13.2. The van der Waals surface area contributed by atoms with Crippen LogP contribution < -0.4 is 0 Å². The largest absolute Gasteiger partial charge is 0.361 e. The van der Waals surface area contributed by atoms with Gasteiger partial charge in [-0.1, -0.05) is 48.0 Å². The van der Waals surface area contributed by atoms with Crippen molar-refractivity contribution in [3.8, 4) is 0 Å². The zero-order valence-electron chi connectivity index (χ0n) is 13.4. The monoisotopic (exact) mass is 350 g/mol. The van der Waals surface area contributed by atoms with E-state index in [4.69, 9.17) is 5.53 Å². The Hall–Kier alpha value is -3.08. The van der Waals surface area contributed by atoms with Crippen LogP contribution in [0.25, 0.3) is 16.3 Å². The van der Waals surface area contributed by atoms with E-state index in [1.807, 2.05) is 6.92 Å². The van der Waals surface area contributed by atoms with Gasteiger partial charge in [-0.3, -0.25) is 4.79 Å². The highest BCUT2D eigenvalue weighted by Crippen LogP contribution is 2.32. The standard InChI is InChI=1S/C19H14N2O3S/c1-13-6-9-15(10-7-13)25(23,24)19-16-5-3-2-4-14(16)8-11-17(19)18(22)12-21-20/h2-12H,1H3. The maximum atomic E-state index is 13.2. The van der Waals surface area contributed by atoms with Gasteiger partial charge in [0.15, 0.2) is 0 Å². The minimum absolute atomic E-state index is 0.0305. The highest BCUT2D eigenvalue weighted by Gasteiger charge is 2.27. The van der Waals surface area contributed by atoms with E-state index >= 15 is 0 Å². The number of carbonyl (C=O) groups is 1.